The SMILES string of the molecule is CN=C(NCc1ccccc1F)NCc1ccccc1-c1ccc(Cn2cncn2)cc1. The number of aliphatic imine (C=N–C) groups is 1. The van der Waals surface area contributed by atoms with Crippen molar-refractivity contribution < 1.29 is 4.39 Å². The van der Waals surface area contributed by atoms with E-state index < -0.39 is 0 Å². The summed E-state index contributed by atoms with van der Waals surface area (Å²) in [4.78, 5) is 8.24. The highest BCUT2D eigenvalue weighted by Gasteiger charge is 2.07. The Hall–Kier alpha value is -4.00. The molecule has 6 nitrogen and oxygen atoms in total. The fourth-order valence-corrected chi connectivity index (χ4v) is 3.47. The quantitative estimate of drug-likeness (QED) is 0.345. The van der Waals surface area contributed by atoms with E-state index in [-0.39, 0.29) is 5.82 Å². The van der Waals surface area contributed by atoms with Crippen LogP contribution in [0.1, 0.15) is 16.7 Å². The van der Waals surface area contributed by atoms with E-state index in [4.69, 9.17) is 0 Å². The van der Waals surface area contributed by atoms with Crippen molar-refractivity contribution >= 4 is 5.96 Å². The summed E-state index contributed by atoms with van der Waals surface area (Å²) in [6.07, 6.45) is 3.25. The monoisotopic (exact) mass is 428 g/mol. The minimum Gasteiger partial charge on any atom is -0.352 e. The van der Waals surface area contributed by atoms with Crippen molar-refractivity contribution in [3.63, 3.8) is 0 Å². The fourth-order valence-electron chi connectivity index (χ4n) is 3.47. The van der Waals surface area contributed by atoms with Crippen molar-refractivity contribution in [1.82, 2.24) is 25.4 Å². The first-order chi connectivity index (χ1) is 15.7. The Balaban J connectivity index is 1.41. The second kappa shape index (κ2) is 10.3. The lowest BCUT2D eigenvalue weighted by Gasteiger charge is -2.15. The van der Waals surface area contributed by atoms with Crippen LogP contribution in [0.3, 0.4) is 0 Å². The number of nitrogens with one attached hydrogen (secondary N) is 2. The van der Waals surface area contributed by atoms with Gasteiger partial charge < -0.3 is 10.6 Å². The van der Waals surface area contributed by atoms with Crippen LogP contribution in [0.2, 0.25) is 0 Å². The zero-order valence-electron chi connectivity index (χ0n) is 17.9. The van der Waals surface area contributed by atoms with Gasteiger partial charge in [-0.05, 0) is 28.3 Å². The molecular formula is C25H25FN6. The number of rotatable bonds is 7. The summed E-state index contributed by atoms with van der Waals surface area (Å²) in [6.45, 7) is 1.64. The molecular weight excluding hydrogens is 403 g/mol. The molecule has 0 saturated heterocycles. The second-order valence-electron chi connectivity index (χ2n) is 7.32. The van der Waals surface area contributed by atoms with Crippen LogP contribution in [-0.2, 0) is 19.6 Å². The number of aromatic nitrogens is 3. The van der Waals surface area contributed by atoms with Crippen molar-refractivity contribution in [1.29, 1.82) is 0 Å². The van der Waals surface area contributed by atoms with E-state index >= 15 is 0 Å². The molecule has 162 valence electrons. The minimum atomic E-state index is -0.229. The standard InChI is InChI=1S/C25H25FN6/c1-27-25(30-15-22-7-3-5-9-24(22)26)29-14-21-6-2-4-8-23(21)20-12-10-19(11-13-20)16-32-18-28-17-31-32/h2-13,17-18H,14-16H2,1H3,(H2,27,29,30). The molecule has 0 spiro atoms. The van der Waals surface area contributed by atoms with E-state index in [1.54, 1.807) is 30.2 Å². The van der Waals surface area contributed by atoms with Gasteiger partial charge in [-0.25, -0.2) is 14.1 Å². The molecule has 4 rings (SSSR count). The highest BCUT2D eigenvalue weighted by Crippen LogP contribution is 2.24. The van der Waals surface area contributed by atoms with Crippen LogP contribution in [0.4, 0.5) is 4.39 Å². The molecule has 0 bridgehead atoms. The summed E-state index contributed by atoms with van der Waals surface area (Å²) in [5, 5.41) is 10.6. The van der Waals surface area contributed by atoms with Crippen molar-refractivity contribution in [2.24, 2.45) is 4.99 Å². The van der Waals surface area contributed by atoms with Crippen LogP contribution in [0.5, 0.6) is 0 Å². The average Bonchev–Trinajstić information content (AvgIpc) is 3.34. The molecule has 32 heavy (non-hydrogen) atoms. The van der Waals surface area contributed by atoms with E-state index in [1.807, 2.05) is 18.2 Å². The second-order valence-corrected chi connectivity index (χ2v) is 7.32. The summed E-state index contributed by atoms with van der Waals surface area (Å²) in [7, 11) is 1.70. The molecule has 0 amide bonds. The number of hydrogen-bond donors (Lipinski definition) is 2. The third kappa shape index (κ3) is 5.37. The number of hydrogen-bond acceptors (Lipinski definition) is 3. The smallest absolute Gasteiger partial charge is 0.191 e. The van der Waals surface area contributed by atoms with Crippen molar-refractivity contribution in [3.05, 3.63) is 108 Å². The Morgan fingerprint density at radius 1 is 0.906 bits per heavy atom. The van der Waals surface area contributed by atoms with Gasteiger partial charge in [-0.1, -0.05) is 66.7 Å². The van der Waals surface area contributed by atoms with Gasteiger partial charge in [0.1, 0.15) is 18.5 Å². The average molecular weight is 429 g/mol. The Morgan fingerprint density at radius 2 is 1.59 bits per heavy atom. The molecule has 1 heterocycles. The normalized spacial score (nSPS) is 11.4. The number of halogens is 1. The maximum atomic E-state index is 13.9. The third-order valence-corrected chi connectivity index (χ3v) is 5.17. The van der Waals surface area contributed by atoms with Crippen LogP contribution in [0.25, 0.3) is 11.1 Å². The van der Waals surface area contributed by atoms with Gasteiger partial charge in [0.2, 0.25) is 0 Å². The third-order valence-electron chi connectivity index (χ3n) is 5.17. The van der Waals surface area contributed by atoms with Gasteiger partial charge in [-0.2, -0.15) is 5.10 Å². The predicted octanol–water partition coefficient (Wildman–Crippen LogP) is 4.00. The molecule has 0 unspecified atom stereocenters. The van der Waals surface area contributed by atoms with Gasteiger partial charge in [-0.3, -0.25) is 4.99 Å². The summed E-state index contributed by atoms with van der Waals surface area (Å²) in [5.74, 6) is 0.388. The van der Waals surface area contributed by atoms with Crippen LogP contribution >= 0.6 is 0 Å². The van der Waals surface area contributed by atoms with Gasteiger partial charge in [-0.15, -0.1) is 0 Å². The first kappa shape index (κ1) is 21.2. The van der Waals surface area contributed by atoms with Gasteiger partial charge in [0.05, 0.1) is 6.54 Å². The summed E-state index contributed by atoms with van der Waals surface area (Å²) >= 11 is 0. The molecule has 4 aromatic rings. The zero-order chi connectivity index (χ0) is 22.2. The molecule has 1 aromatic heterocycles. The van der Waals surface area contributed by atoms with Gasteiger partial charge in [0.25, 0.3) is 0 Å². The molecule has 0 radical (unpaired) electrons. The molecule has 0 aliphatic rings. The van der Waals surface area contributed by atoms with Crippen LogP contribution in [-0.4, -0.2) is 27.8 Å². The van der Waals surface area contributed by atoms with Crippen molar-refractivity contribution in [2.75, 3.05) is 7.05 Å². The van der Waals surface area contributed by atoms with Crippen molar-refractivity contribution in [3.8, 4) is 11.1 Å². The first-order valence-electron chi connectivity index (χ1n) is 10.4. The molecule has 7 heteroatoms. The lowest BCUT2D eigenvalue weighted by Crippen LogP contribution is -2.36. The molecule has 2 N–H and O–H groups in total. The van der Waals surface area contributed by atoms with Crippen molar-refractivity contribution in [2.45, 2.75) is 19.6 Å². The number of nitrogens with zero attached hydrogens (tertiary/aromatic N) is 4. The minimum absolute atomic E-state index is 0.229. The Morgan fingerprint density at radius 3 is 2.28 bits per heavy atom. The van der Waals surface area contributed by atoms with Gasteiger partial charge in [0, 0.05) is 25.7 Å². The zero-order valence-corrected chi connectivity index (χ0v) is 17.9. The molecule has 0 aliphatic heterocycles. The summed E-state index contributed by atoms with van der Waals surface area (Å²) in [5.41, 5.74) is 5.19. The highest BCUT2D eigenvalue weighted by molar-refractivity contribution is 5.80. The van der Waals surface area contributed by atoms with E-state index in [2.05, 4.69) is 62.1 Å². The van der Waals surface area contributed by atoms with Gasteiger partial charge >= 0.3 is 0 Å². The number of guanidine groups is 1. The van der Waals surface area contributed by atoms with E-state index in [1.165, 1.54) is 12.4 Å². The van der Waals surface area contributed by atoms with Crippen LogP contribution in [0.15, 0.2) is 90.4 Å². The Labute approximate surface area is 186 Å². The summed E-state index contributed by atoms with van der Waals surface area (Å²) < 4.78 is 15.7. The lowest BCUT2D eigenvalue weighted by atomic mass is 9.98. The number of benzene rings is 3. The van der Waals surface area contributed by atoms with Gasteiger partial charge in [0.15, 0.2) is 5.96 Å². The largest absolute Gasteiger partial charge is 0.352 e. The molecule has 0 aliphatic carbocycles. The van der Waals surface area contributed by atoms with Crippen LogP contribution in [0, 0.1) is 5.82 Å². The maximum absolute atomic E-state index is 13.9. The van der Waals surface area contributed by atoms with E-state index in [9.17, 15) is 4.39 Å². The Kier molecular flexibility index (Phi) is 6.87. The summed E-state index contributed by atoms with van der Waals surface area (Å²) in [6, 6.07) is 23.4. The molecule has 0 fully saturated rings. The topological polar surface area (TPSA) is 67.1 Å². The maximum Gasteiger partial charge on any atom is 0.191 e. The highest BCUT2D eigenvalue weighted by atomic mass is 19.1. The molecule has 3 aromatic carbocycles. The fraction of sp³-hybridized carbons (Fsp3) is 0.160. The molecule has 0 atom stereocenters. The van der Waals surface area contributed by atoms with Crippen LogP contribution < -0.4 is 10.6 Å². The van der Waals surface area contributed by atoms with E-state index in [0.717, 1.165) is 22.3 Å². The first-order valence-corrected chi connectivity index (χ1v) is 10.4. The Bertz CT molecular complexity index is 1170. The lowest BCUT2D eigenvalue weighted by molar-refractivity contribution is 0.604. The van der Waals surface area contributed by atoms with E-state index in [0.29, 0.717) is 31.2 Å². The molecule has 0 saturated carbocycles. The predicted molar refractivity (Wildman–Crippen MR) is 124 cm³/mol.